The van der Waals surface area contributed by atoms with E-state index in [1.54, 1.807) is 0 Å². The van der Waals surface area contributed by atoms with Crippen molar-refractivity contribution in [2.24, 2.45) is 0 Å². The molecule has 1 atom stereocenters. The van der Waals surface area contributed by atoms with Gasteiger partial charge in [0.2, 0.25) is 5.91 Å². The zero-order valence-corrected chi connectivity index (χ0v) is 19.1. The number of aryl methyl sites for hydroxylation is 1. The quantitative estimate of drug-likeness (QED) is 0.406. The number of halogens is 1. The van der Waals surface area contributed by atoms with Gasteiger partial charge in [-0.05, 0) is 62.1 Å². The first-order chi connectivity index (χ1) is 15.7. The van der Waals surface area contributed by atoms with Gasteiger partial charge in [0.1, 0.15) is 11.6 Å². The van der Waals surface area contributed by atoms with E-state index < -0.39 is 0 Å². The average molecular weight is 452 g/mol. The molecule has 168 valence electrons. The van der Waals surface area contributed by atoms with Crippen molar-refractivity contribution in [3.63, 3.8) is 0 Å². The fourth-order valence-corrected chi connectivity index (χ4v) is 5.33. The van der Waals surface area contributed by atoms with Crippen LogP contribution in [0.4, 0.5) is 0 Å². The molecule has 1 saturated heterocycles. The summed E-state index contributed by atoms with van der Waals surface area (Å²) in [5.41, 5.74) is 2.18. The van der Waals surface area contributed by atoms with Crippen LogP contribution in [0.25, 0.3) is 11.0 Å². The minimum atomic E-state index is 0.181. The maximum Gasteiger partial charge on any atom is 0.223 e. The zero-order valence-electron chi connectivity index (χ0n) is 18.4. The smallest absolute Gasteiger partial charge is 0.223 e. The van der Waals surface area contributed by atoms with Gasteiger partial charge in [0.25, 0.3) is 0 Å². The molecule has 32 heavy (non-hydrogen) atoms. The maximum absolute atomic E-state index is 12.8. The Morgan fingerprint density at radius 3 is 2.62 bits per heavy atom. The Morgan fingerprint density at radius 1 is 1.03 bits per heavy atom. The van der Waals surface area contributed by atoms with Crippen molar-refractivity contribution in [2.75, 3.05) is 13.2 Å². The van der Waals surface area contributed by atoms with Gasteiger partial charge in [-0.25, -0.2) is 4.98 Å². The van der Waals surface area contributed by atoms with E-state index in [9.17, 15) is 4.79 Å². The molecule has 1 aliphatic carbocycles. The van der Waals surface area contributed by atoms with Crippen LogP contribution in [0.1, 0.15) is 56.7 Å². The minimum Gasteiger partial charge on any atom is -0.494 e. The lowest BCUT2D eigenvalue weighted by Crippen LogP contribution is -2.34. The number of hydrogen-bond acceptors (Lipinski definition) is 3. The van der Waals surface area contributed by atoms with E-state index in [2.05, 4.69) is 27.7 Å². The number of likely N-dealkylation sites (tertiary alicyclic amines) is 1. The number of para-hydroxylation sites is 2. The Morgan fingerprint density at radius 2 is 1.81 bits per heavy atom. The van der Waals surface area contributed by atoms with Crippen LogP contribution >= 0.6 is 11.6 Å². The third kappa shape index (κ3) is 4.49. The van der Waals surface area contributed by atoms with Gasteiger partial charge in [-0.3, -0.25) is 4.79 Å². The Kier molecular flexibility index (Phi) is 6.35. The van der Waals surface area contributed by atoms with E-state index >= 15 is 0 Å². The predicted octanol–water partition coefficient (Wildman–Crippen LogP) is 5.81. The highest BCUT2D eigenvalue weighted by Gasteiger charge is 2.38. The molecule has 0 bridgehead atoms. The highest BCUT2D eigenvalue weighted by atomic mass is 35.5. The van der Waals surface area contributed by atoms with Crippen molar-refractivity contribution >= 4 is 28.5 Å². The number of nitrogens with zero attached hydrogens (tertiary/aromatic N) is 3. The first-order valence-electron chi connectivity index (χ1n) is 11.8. The second kappa shape index (κ2) is 9.53. The lowest BCUT2D eigenvalue weighted by atomic mass is 10.1. The summed E-state index contributed by atoms with van der Waals surface area (Å²) in [7, 11) is 0. The number of rotatable bonds is 8. The molecule has 2 aliphatic rings. The Labute approximate surface area is 194 Å². The molecule has 2 heterocycles. The highest BCUT2D eigenvalue weighted by molar-refractivity contribution is 6.30. The largest absolute Gasteiger partial charge is 0.494 e. The molecule has 3 aromatic rings. The van der Waals surface area contributed by atoms with Crippen LogP contribution < -0.4 is 4.74 Å². The molecule has 1 aromatic heterocycles. The van der Waals surface area contributed by atoms with Crippen molar-refractivity contribution in [1.29, 1.82) is 0 Å². The third-order valence-electron chi connectivity index (χ3n) is 6.83. The summed E-state index contributed by atoms with van der Waals surface area (Å²) in [5.74, 6) is 2.40. The molecule has 2 aromatic carbocycles. The van der Waals surface area contributed by atoms with Gasteiger partial charge in [0, 0.05) is 36.5 Å². The molecule has 0 N–H and O–H groups in total. The van der Waals surface area contributed by atoms with Crippen LogP contribution in [0.2, 0.25) is 5.02 Å². The minimum absolute atomic E-state index is 0.181. The van der Waals surface area contributed by atoms with Gasteiger partial charge >= 0.3 is 0 Å². The van der Waals surface area contributed by atoms with E-state index in [0.717, 1.165) is 61.4 Å². The predicted molar refractivity (Wildman–Crippen MR) is 127 cm³/mol. The number of carbonyl (C=O) groups excluding carboxylic acids is 1. The molecule has 0 radical (unpaired) electrons. The summed E-state index contributed by atoms with van der Waals surface area (Å²) in [4.78, 5) is 19.9. The maximum atomic E-state index is 12.8. The number of carbonyl (C=O) groups is 1. The number of aromatic nitrogens is 2. The van der Waals surface area contributed by atoms with Crippen molar-refractivity contribution < 1.29 is 9.53 Å². The number of benzene rings is 2. The van der Waals surface area contributed by atoms with Gasteiger partial charge in [0.15, 0.2) is 0 Å². The first kappa shape index (κ1) is 21.3. The van der Waals surface area contributed by atoms with E-state index in [1.165, 1.54) is 12.8 Å². The molecule has 1 aliphatic heterocycles. The monoisotopic (exact) mass is 451 g/mol. The number of unbranched alkanes of at least 4 members (excludes halogenated alkanes) is 1. The number of amides is 1. The van der Waals surface area contributed by atoms with Crippen molar-refractivity contribution in [2.45, 2.75) is 63.5 Å². The second-order valence-corrected chi connectivity index (χ2v) is 9.44. The van der Waals surface area contributed by atoms with Crippen molar-refractivity contribution in [1.82, 2.24) is 14.5 Å². The first-order valence-corrected chi connectivity index (χ1v) is 12.2. The van der Waals surface area contributed by atoms with Gasteiger partial charge in [-0.15, -0.1) is 0 Å². The summed E-state index contributed by atoms with van der Waals surface area (Å²) in [6.07, 6.45) is 7.33. The lowest BCUT2D eigenvalue weighted by Gasteiger charge is -2.24. The third-order valence-corrected chi connectivity index (χ3v) is 7.08. The molecule has 6 heteroatoms. The molecule has 2 fully saturated rings. The van der Waals surface area contributed by atoms with Gasteiger partial charge in [-0.2, -0.15) is 0 Å². The van der Waals surface area contributed by atoms with Gasteiger partial charge in [0.05, 0.1) is 17.6 Å². The van der Waals surface area contributed by atoms with E-state index in [1.807, 2.05) is 30.3 Å². The van der Waals surface area contributed by atoms with E-state index in [-0.39, 0.29) is 5.92 Å². The van der Waals surface area contributed by atoms with Crippen LogP contribution in [0, 0.1) is 0 Å². The molecule has 1 unspecified atom stereocenters. The Hall–Kier alpha value is -2.53. The van der Waals surface area contributed by atoms with E-state index in [0.29, 0.717) is 30.0 Å². The van der Waals surface area contributed by atoms with Crippen LogP contribution in [0.5, 0.6) is 5.75 Å². The fourth-order valence-electron chi connectivity index (χ4n) is 5.21. The van der Waals surface area contributed by atoms with Crippen LogP contribution in [-0.2, 0) is 11.3 Å². The standard InChI is InChI=1S/C26H30ClN3O2/c27-20-11-13-22(14-12-20)32-16-6-5-15-29-24-10-4-3-9-23(24)28-26(29)19-17-25(31)30(18-19)21-7-1-2-8-21/h3-4,9-14,19,21H,1-2,5-8,15-18H2. The fraction of sp³-hybridized carbons (Fsp3) is 0.462. The molecule has 1 saturated carbocycles. The Balaban J connectivity index is 1.26. The zero-order chi connectivity index (χ0) is 21.9. The van der Waals surface area contributed by atoms with Gasteiger partial charge < -0.3 is 14.2 Å². The lowest BCUT2D eigenvalue weighted by molar-refractivity contribution is -0.129. The molecular formula is C26H30ClN3O2. The SMILES string of the molecule is O=C1CC(c2nc3ccccc3n2CCCCOc2ccc(Cl)cc2)CN1C1CCCC1. The molecule has 5 rings (SSSR count). The van der Waals surface area contributed by atoms with E-state index in [4.69, 9.17) is 21.3 Å². The average Bonchev–Trinajstić information content (AvgIpc) is 3.53. The van der Waals surface area contributed by atoms with Crippen molar-refractivity contribution in [3.8, 4) is 5.75 Å². The summed E-state index contributed by atoms with van der Waals surface area (Å²) < 4.78 is 8.19. The summed E-state index contributed by atoms with van der Waals surface area (Å²) in [6.45, 7) is 2.36. The molecular weight excluding hydrogens is 422 g/mol. The van der Waals surface area contributed by atoms with Crippen molar-refractivity contribution in [3.05, 3.63) is 59.4 Å². The molecule has 1 amide bonds. The normalized spacial score (nSPS) is 19.3. The summed E-state index contributed by atoms with van der Waals surface area (Å²) >= 11 is 5.94. The van der Waals surface area contributed by atoms with Crippen LogP contribution in [-0.4, -0.2) is 39.6 Å². The van der Waals surface area contributed by atoms with Gasteiger partial charge in [-0.1, -0.05) is 36.6 Å². The number of fused-ring (bicyclic) bond motifs is 1. The second-order valence-electron chi connectivity index (χ2n) is 9.01. The summed E-state index contributed by atoms with van der Waals surface area (Å²) in [6, 6.07) is 16.2. The Bertz CT molecular complexity index is 1070. The number of hydrogen-bond donors (Lipinski definition) is 0. The van der Waals surface area contributed by atoms with Crippen LogP contribution in [0.15, 0.2) is 48.5 Å². The molecule has 5 nitrogen and oxygen atoms in total. The van der Waals surface area contributed by atoms with Crippen LogP contribution in [0.3, 0.4) is 0 Å². The number of ether oxygens (including phenoxy) is 1. The number of imidazole rings is 1. The topological polar surface area (TPSA) is 47.4 Å². The summed E-state index contributed by atoms with van der Waals surface area (Å²) in [5, 5.41) is 0.716. The molecule has 0 spiro atoms. The highest BCUT2D eigenvalue weighted by Crippen LogP contribution is 2.35.